The second-order valence-electron chi connectivity index (χ2n) is 4.38. The van der Waals surface area contributed by atoms with Crippen molar-refractivity contribution in [1.29, 1.82) is 0 Å². The Labute approximate surface area is 133 Å². The summed E-state index contributed by atoms with van der Waals surface area (Å²) < 4.78 is 14.4. The molecule has 0 spiro atoms. The molecule has 23 heavy (non-hydrogen) atoms. The summed E-state index contributed by atoms with van der Waals surface area (Å²) in [6.45, 7) is 2.56. The number of methoxy groups -OCH3 is 1. The summed E-state index contributed by atoms with van der Waals surface area (Å²) in [5.74, 6) is -2.63. The topological polar surface area (TPSA) is 102 Å². The summed E-state index contributed by atoms with van der Waals surface area (Å²) in [4.78, 5) is 34.2. The third-order valence-corrected chi connectivity index (χ3v) is 2.76. The van der Waals surface area contributed by atoms with Gasteiger partial charge in [0.15, 0.2) is 5.78 Å². The van der Waals surface area contributed by atoms with Crippen molar-refractivity contribution in [3.63, 3.8) is 0 Å². The van der Waals surface area contributed by atoms with Crippen molar-refractivity contribution in [2.45, 2.75) is 13.8 Å². The number of carbonyl (C=O) groups is 3. The maximum atomic E-state index is 11.9. The number of hydrogen-bond donors (Lipinski definition) is 0. The Morgan fingerprint density at radius 2 is 1.74 bits per heavy atom. The molecule has 1 rings (SSSR count). The number of ether oxygens (including phenoxy) is 3. The highest BCUT2D eigenvalue weighted by atomic mass is 16.5. The van der Waals surface area contributed by atoms with Crippen LogP contribution in [0, 0.1) is 0 Å². The van der Waals surface area contributed by atoms with Crippen molar-refractivity contribution in [3.8, 4) is 5.75 Å². The third-order valence-electron chi connectivity index (χ3n) is 2.76. The minimum atomic E-state index is -0.997. The second-order valence-corrected chi connectivity index (χ2v) is 4.38. The molecule has 0 heterocycles. The fourth-order valence-electron chi connectivity index (χ4n) is 1.68. The highest BCUT2D eigenvalue weighted by Crippen LogP contribution is 2.14. The number of Topliss-reactive ketones (excluding diaryl/α,β-unsaturated/α-hetero) is 1. The molecule has 0 saturated carbocycles. The third kappa shape index (κ3) is 5.14. The van der Waals surface area contributed by atoms with Gasteiger partial charge in [0, 0.05) is 0 Å². The van der Waals surface area contributed by atoms with Gasteiger partial charge in [0.05, 0.1) is 24.9 Å². The zero-order chi connectivity index (χ0) is 17.4. The number of hydrogen-bond acceptors (Lipinski definition) is 7. The van der Waals surface area contributed by atoms with E-state index in [1.807, 2.05) is 0 Å². The first-order valence-corrected chi connectivity index (χ1v) is 6.80. The molecule has 0 saturated heterocycles. The van der Waals surface area contributed by atoms with Crippen LogP contribution in [0.1, 0.15) is 24.2 Å². The van der Waals surface area contributed by atoms with Crippen molar-refractivity contribution >= 4 is 17.7 Å². The molecule has 1 aromatic carbocycles. The largest absolute Gasteiger partial charge is 0.873 e. The van der Waals surface area contributed by atoms with E-state index in [1.165, 1.54) is 24.3 Å². The molecule has 7 heteroatoms. The molecule has 0 aliphatic carbocycles. The maximum absolute atomic E-state index is 11.9. The molecular formula is C16H17O7-. The van der Waals surface area contributed by atoms with Gasteiger partial charge in [0.1, 0.15) is 12.4 Å². The minimum Gasteiger partial charge on any atom is -0.873 e. The summed E-state index contributed by atoms with van der Waals surface area (Å²) >= 11 is 0. The minimum absolute atomic E-state index is 0.267. The Morgan fingerprint density at radius 1 is 1.13 bits per heavy atom. The van der Waals surface area contributed by atoms with E-state index in [-0.39, 0.29) is 6.61 Å². The van der Waals surface area contributed by atoms with Gasteiger partial charge in [-0.05, 0) is 38.1 Å². The Hall–Kier alpha value is -2.83. The molecule has 0 bridgehead atoms. The van der Waals surface area contributed by atoms with Gasteiger partial charge in [0.25, 0.3) is 0 Å². The van der Waals surface area contributed by atoms with E-state index < -0.39 is 35.7 Å². The molecule has 0 amide bonds. The lowest BCUT2D eigenvalue weighted by molar-refractivity contribution is -0.310. The van der Waals surface area contributed by atoms with E-state index in [0.717, 1.165) is 14.0 Å². The molecule has 0 unspecified atom stereocenters. The molecule has 0 atom stereocenters. The van der Waals surface area contributed by atoms with Crippen LogP contribution in [0.15, 0.2) is 35.6 Å². The molecule has 0 fully saturated rings. The van der Waals surface area contributed by atoms with Crippen molar-refractivity contribution in [2.75, 3.05) is 20.3 Å². The Kier molecular flexibility index (Phi) is 6.79. The molecule has 7 nitrogen and oxygen atoms in total. The van der Waals surface area contributed by atoms with Gasteiger partial charge in [-0.25, -0.2) is 9.59 Å². The maximum Gasteiger partial charge on any atom is 0.340 e. The van der Waals surface area contributed by atoms with Crippen LogP contribution in [-0.2, 0) is 19.1 Å². The van der Waals surface area contributed by atoms with Crippen LogP contribution >= 0.6 is 0 Å². The Balaban J connectivity index is 2.79. The summed E-state index contributed by atoms with van der Waals surface area (Å²) in [6, 6.07) is 5.91. The molecule has 0 aromatic heterocycles. The Bertz CT molecular complexity index is 614. The van der Waals surface area contributed by atoms with E-state index >= 15 is 0 Å². The van der Waals surface area contributed by atoms with E-state index in [0.29, 0.717) is 11.3 Å². The van der Waals surface area contributed by atoms with E-state index in [4.69, 9.17) is 9.47 Å². The number of esters is 2. The first kappa shape index (κ1) is 18.2. The first-order valence-electron chi connectivity index (χ1n) is 6.80. The van der Waals surface area contributed by atoms with Crippen LogP contribution in [-0.4, -0.2) is 38.0 Å². The van der Waals surface area contributed by atoms with Gasteiger partial charge in [-0.1, -0.05) is 5.76 Å². The first-order chi connectivity index (χ1) is 10.9. The van der Waals surface area contributed by atoms with Crippen LogP contribution in [0.5, 0.6) is 5.75 Å². The number of carbonyl (C=O) groups excluding carboxylic acids is 3. The summed E-state index contributed by atoms with van der Waals surface area (Å²) in [7, 11) is 1.08. The number of ketones is 1. The van der Waals surface area contributed by atoms with Crippen LogP contribution < -0.4 is 9.84 Å². The average Bonchev–Trinajstić information content (AvgIpc) is 2.53. The summed E-state index contributed by atoms with van der Waals surface area (Å²) in [5, 5.41) is 11.9. The van der Waals surface area contributed by atoms with Crippen molar-refractivity contribution in [3.05, 3.63) is 41.2 Å². The van der Waals surface area contributed by atoms with Gasteiger partial charge in [-0.3, -0.25) is 4.79 Å². The molecule has 0 N–H and O–H groups in total. The quantitative estimate of drug-likeness (QED) is 0.238. The lowest BCUT2D eigenvalue weighted by Crippen LogP contribution is -2.24. The van der Waals surface area contributed by atoms with Crippen molar-refractivity contribution in [1.82, 2.24) is 0 Å². The van der Waals surface area contributed by atoms with Crippen LogP contribution in [0.3, 0.4) is 0 Å². The van der Waals surface area contributed by atoms with Crippen molar-refractivity contribution < 1.29 is 33.7 Å². The predicted molar refractivity (Wildman–Crippen MR) is 77.6 cm³/mol. The fraction of sp³-hybridized carbons (Fsp3) is 0.312. The zero-order valence-electron chi connectivity index (χ0n) is 13.1. The summed E-state index contributed by atoms with van der Waals surface area (Å²) in [6.07, 6.45) is 0. The fourth-order valence-corrected chi connectivity index (χ4v) is 1.68. The lowest BCUT2D eigenvalue weighted by Gasteiger charge is -2.17. The smallest absolute Gasteiger partial charge is 0.340 e. The second kappa shape index (κ2) is 8.57. The highest BCUT2D eigenvalue weighted by molar-refractivity contribution is 6.16. The van der Waals surface area contributed by atoms with Crippen molar-refractivity contribution in [2.24, 2.45) is 0 Å². The lowest BCUT2D eigenvalue weighted by atomic mass is 10.1. The van der Waals surface area contributed by atoms with Gasteiger partial charge < -0.3 is 19.3 Å². The normalized spacial score (nSPS) is 11.3. The van der Waals surface area contributed by atoms with Crippen LogP contribution in [0.25, 0.3) is 0 Å². The average molecular weight is 321 g/mol. The number of benzene rings is 1. The van der Waals surface area contributed by atoms with E-state index in [9.17, 15) is 19.5 Å². The molecule has 124 valence electrons. The molecule has 0 radical (unpaired) electrons. The Morgan fingerprint density at radius 3 is 2.22 bits per heavy atom. The van der Waals surface area contributed by atoms with E-state index in [2.05, 4.69) is 4.74 Å². The summed E-state index contributed by atoms with van der Waals surface area (Å²) in [5.41, 5.74) is -0.230. The van der Waals surface area contributed by atoms with Gasteiger partial charge in [-0.15, -0.1) is 0 Å². The monoisotopic (exact) mass is 321 g/mol. The highest BCUT2D eigenvalue weighted by Gasteiger charge is 2.16. The molecule has 1 aromatic rings. The van der Waals surface area contributed by atoms with Crippen LogP contribution in [0.2, 0.25) is 0 Å². The van der Waals surface area contributed by atoms with Gasteiger partial charge in [-0.2, -0.15) is 0 Å². The van der Waals surface area contributed by atoms with Gasteiger partial charge in [0.2, 0.25) is 0 Å². The predicted octanol–water partition coefficient (Wildman–Crippen LogP) is 0.618. The molecular weight excluding hydrogens is 304 g/mol. The van der Waals surface area contributed by atoms with Gasteiger partial charge >= 0.3 is 11.9 Å². The molecule has 0 aliphatic rings. The number of rotatable bonds is 7. The standard InChI is InChI=1S/C16H18O7/c1-4-22-15(19)11-5-7-12(8-6-11)23-9-13(18)14(10(2)17)16(20)21-3/h5-8,18H,4,9H2,1-3H3/p-1. The molecule has 0 aliphatic heterocycles. The SMILES string of the molecule is CCOC(=O)c1ccc(OCC([O-])=C(C(C)=O)C(=O)OC)cc1. The van der Waals surface area contributed by atoms with E-state index in [1.54, 1.807) is 6.92 Å². The van der Waals surface area contributed by atoms with Crippen LogP contribution in [0.4, 0.5) is 0 Å². The zero-order valence-corrected chi connectivity index (χ0v) is 13.1.